The number of halogens is 2. The minimum Gasteiger partial charge on any atom is -0.326 e. The molecular formula is C18H16Cl2N2O2. The van der Waals surface area contributed by atoms with Crippen LogP contribution in [0.3, 0.4) is 0 Å². The Kier molecular flexibility index (Phi) is 5.07. The molecule has 0 aromatic heterocycles. The molecule has 0 unspecified atom stereocenters. The quantitative estimate of drug-likeness (QED) is 0.839. The summed E-state index contributed by atoms with van der Waals surface area (Å²) < 4.78 is 0. The Bertz CT molecular complexity index is 772. The predicted octanol–water partition coefficient (Wildman–Crippen LogP) is 4.52. The number of fused-ring (bicyclic) bond motifs is 1. The lowest BCUT2D eigenvalue weighted by molar-refractivity contribution is -0.121. The summed E-state index contributed by atoms with van der Waals surface area (Å²) >= 11 is 11.8. The average molecular weight is 363 g/mol. The lowest BCUT2D eigenvalue weighted by Gasteiger charge is -2.24. The largest absolute Gasteiger partial charge is 0.326 e. The predicted molar refractivity (Wildman–Crippen MR) is 96.6 cm³/mol. The van der Waals surface area contributed by atoms with E-state index in [1.165, 1.54) is 0 Å². The summed E-state index contributed by atoms with van der Waals surface area (Å²) in [6, 6.07) is 12.6. The second-order valence-electron chi connectivity index (χ2n) is 5.79. The van der Waals surface area contributed by atoms with Gasteiger partial charge in [0, 0.05) is 33.8 Å². The van der Waals surface area contributed by atoms with Gasteiger partial charge in [-0.1, -0.05) is 41.4 Å². The molecule has 0 bridgehead atoms. The Balaban J connectivity index is 1.57. The van der Waals surface area contributed by atoms with Gasteiger partial charge in [-0.25, -0.2) is 0 Å². The van der Waals surface area contributed by atoms with Crippen LogP contribution in [0.25, 0.3) is 0 Å². The van der Waals surface area contributed by atoms with Gasteiger partial charge in [-0.3, -0.25) is 9.59 Å². The van der Waals surface area contributed by atoms with Gasteiger partial charge in [0.2, 0.25) is 11.8 Å². The van der Waals surface area contributed by atoms with Crippen molar-refractivity contribution in [3.8, 4) is 0 Å². The van der Waals surface area contributed by atoms with E-state index in [2.05, 4.69) is 10.6 Å². The fraction of sp³-hybridized carbons (Fsp3) is 0.222. The van der Waals surface area contributed by atoms with Crippen LogP contribution in [0.4, 0.5) is 11.4 Å². The van der Waals surface area contributed by atoms with E-state index in [1.807, 2.05) is 24.3 Å². The van der Waals surface area contributed by atoms with Crippen LogP contribution in [0.15, 0.2) is 42.5 Å². The van der Waals surface area contributed by atoms with E-state index in [-0.39, 0.29) is 24.2 Å². The van der Waals surface area contributed by atoms with Gasteiger partial charge in [0.25, 0.3) is 0 Å². The van der Waals surface area contributed by atoms with Crippen LogP contribution in [-0.4, -0.2) is 11.8 Å². The van der Waals surface area contributed by atoms with Crippen LogP contribution >= 0.6 is 23.2 Å². The molecule has 0 radical (unpaired) electrons. The summed E-state index contributed by atoms with van der Waals surface area (Å²) in [6.45, 7) is 0. The van der Waals surface area contributed by atoms with E-state index in [1.54, 1.807) is 18.2 Å². The number of rotatable bonds is 4. The average Bonchev–Trinajstić information content (AvgIpc) is 2.52. The van der Waals surface area contributed by atoms with Gasteiger partial charge in [-0.05, 0) is 42.7 Å². The summed E-state index contributed by atoms with van der Waals surface area (Å²) in [4.78, 5) is 24.2. The molecule has 124 valence electrons. The maximum atomic E-state index is 12.1. The van der Waals surface area contributed by atoms with Gasteiger partial charge in [0.1, 0.15) is 0 Å². The van der Waals surface area contributed by atoms with E-state index in [4.69, 9.17) is 23.2 Å². The molecule has 0 spiro atoms. The smallest absolute Gasteiger partial charge is 0.227 e. The summed E-state index contributed by atoms with van der Waals surface area (Å²) in [5.74, 6) is -0.402. The molecule has 0 saturated heterocycles. The van der Waals surface area contributed by atoms with Crippen LogP contribution in [0.2, 0.25) is 10.0 Å². The number of amides is 2. The molecule has 2 N–H and O–H groups in total. The molecule has 3 rings (SSSR count). The van der Waals surface area contributed by atoms with Crippen molar-refractivity contribution < 1.29 is 9.59 Å². The van der Waals surface area contributed by atoms with E-state index >= 15 is 0 Å². The van der Waals surface area contributed by atoms with Gasteiger partial charge in [-0.15, -0.1) is 0 Å². The van der Waals surface area contributed by atoms with Crippen molar-refractivity contribution in [1.82, 2.24) is 0 Å². The molecule has 2 aromatic rings. The molecule has 2 amide bonds. The van der Waals surface area contributed by atoms with E-state index in [0.29, 0.717) is 28.6 Å². The first kappa shape index (κ1) is 16.8. The van der Waals surface area contributed by atoms with Crippen LogP contribution in [0.1, 0.15) is 18.4 Å². The summed E-state index contributed by atoms with van der Waals surface area (Å²) in [5.41, 5.74) is 2.51. The Hall–Kier alpha value is -2.04. The monoisotopic (exact) mass is 362 g/mol. The van der Waals surface area contributed by atoms with E-state index < -0.39 is 0 Å². The first-order chi connectivity index (χ1) is 11.5. The zero-order valence-corrected chi connectivity index (χ0v) is 14.3. The Morgan fingerprint density at radius 3 is 2.62 bits per heavy atom. The minimum absolute atomic E-state index is 0.0349. The van der Waals surface area contributed by atoms with Gasteiger partial charge in [-0.2, -0.15) is 0 Å². The molecule has 0 fully saturated rings. The topological polar surface area (TPSA) is 58.2 Å². The number of benzene rings is 2. The fourth-order valence-corrected chi connectivity index (χ4v) is 3.33. The Labute approximate surface area is 150 Å². The molecule has 2 aromatic carbocycles. The third kappa shape index (κ3) is 4.08. The number of para-hydroxylation sites is 1. The highest BCUT2D eigenvalue weighted by Gasteiger charge is 2.26. The highest BCUT2D eigenvalue weighted by atomic mass is 35.5. The van der Waals surface area contributed by atoms with Crippen LogP contribution in [-0.2, 0) is 16.0 Å². The molecule has 1 atom stereocenters. The van der Waals surface area contributed by atoms with Crippen LogP contribution in [0, 0.1) is 5.92 Å². The second kappa shape index (κ2) is 7.24. The normalized spacial score (nSPS) is 16.2. The lowest BCUT2D eigenvalue weighted by Crippen LogP contribution is -2.30. The minimum atomic E-state index is -0.200. The van der Waals surface area contributed by atoms with Crippen molar-refractivity contribution in [1.29, 1.82) is 0 Å². The van der Waals surface area contributed by atoms with E-state index in [0.717, 1.165) is 11.3 Å². The summed E-state index contributed by atoms with van der Waals surface area (Å²) in [5, 5.41) is 6.57. The third-order valence-electron chi connectivity index (χ3n) is 3.98. The molecule has 0 saturated carbocycles. The summed E-state index contributed by atoms with van der Waals surface area (Å²) in [7, 11) is 0. The highest BCUT2D eigenvalue weighted by molar-refractivity contribution is 6.35. The molecule has 1 aliphatic rings. The van der Waals surface area contributed by atoms with Crippen molar-refractivity contribution >= 4 is 46.4 Å². The number of hydrogen-bond acceptors (Lipinski definition) is 2. The number of nitrogens with one attached hydrogen (secondary N) is 2. The SMILES string of the molecule is O=C(CC[C@@H]1Cc2ccccc2NC1=O)Nc1cc(Cl)cc(Cl)c1. The molecule has 0 aliphatic carbocycles. The number of anilines is 2. The number of carbonyl (C=O) groups is 2. The molecular weight excluding hydrogens is 347 g/mol. The van der Waals surface area contributed by atoms with Crippen molar-refractivity contribution in [3.63, 3.8) is 0 Å². The number of carbonyl (C=O) groups excluding carboxylic acids is 2. The molecule has 1 heterocycles. The van der Waals surface area contributed by atoms with Crippen LogP contribution < -0.4 is 10.6 Å². The third-order valence-corrected chi connectivity index (χ3v) is 4.41. The second-order valence-corrected chi connectivity index (χ2v) is 6.67. The molecule has 24 heavy (non-hydrogen) atoms. The zero-order chi connectivity index (χ0) is 17.1. The van der Waals surface area contributed by atoms with Crippen LogP contribution in [0.5, 0.6) is 0 Å². The standard InChI is InChI=1S/C18H16Cl2N2O2/c19-13-8-14(20)10-15(9-13)21-17(23)6-5-12-7-11-3-1-2-4-16(11)22-18(12)24/h1-4,8-10,12H,5-7H2,(H,21,23)(H,22,24)/t12-/m1/s1. The maximum Gasteiger partial charge on any atom is 0.227 e. The first-order valence-corrected chi connectivity index (χ1v) is 8.41. The lowest BCUT2D eigenvalue weighted by atomic mass is 9.89. The van der Waals surface area contributed by atoms with Gasteiger partial charge >= 0.3 is 0 Å². The maximum absolute atomic E-state index is 12.1. The Morgan fingerprint density at radius 2 is 1.88 bits per heavy atom. The van der Waals surface area contributed by atoms with Crippen molar-refractivity contribution in [3.05, 3.63) is 58.1 Å². The zero-order valence-electron chi connectivity index (χ0n) is 12.8. The first-order valence-electron chi connectivity index (χ1n) is 7.66. The van der Waals surface area contributed by atoms with Crippen molar-refractivity contribution in [2.45, 2.75) is 19.3 Å². The van der Waals surface area contributed by atoms with Crippen molar-refractivity contribution in [2.24, 2.45) is 5.92 Å². The van der Waals surface area contributed by atoms with Gasteiger partial charge in [0.15, 0.2) is 0 Å². The van der Waals surface area contributed by atoms with Crippen molar-refractivity contribution in [2.75, 3.05) is 10.6 Å². The molecule has 4 nitrogen and oxygen atoms in total. The van der Waals surface area contributed by atoms with Gasteiger partial charge in [0.05, 0.1) is 0 Å². The number of hydrogen-bond donors (Lipinski definition) is 2. The highest BCUT2D eigenvalue weighted by Crippen LogP contribution is 2.28. The fourth-order valence-electron chi connectivity index (χ4n) is 2.80. The van der Waals surface area contributed by atoms with E-state index in [9.17, 15) is 9.59 Å². The molecule has 1 aliphatic heterocycles. The molecule has 6 heteroatoms. The Morgan fingerprint density at radius 1 is 1.17 bits per heavy atom. The summed E-state index contributed by atoms with van der Waals surface area (Å²) in [6.07, 6.45) is 1.39. The van der Waals surface area contributed by atoms with Gasteiger partial charge < -0.3 is 10.6 Å².